The Kier molecular flexibility index (Phi) is 3.77. The van der Waals surface area contributed by atoms with Gasteiger partial charge in [-0.25, -0.2) is 9.97 Å². The minimum atomic E-state index is 0.113. The van der Waals surface area contributed by atoms with Gasteiger partial charge in [-0.3, -0.25) is 0 Å². The van der Waals surface area contributed by atoms with Crippen molar-refractivity contribution in [2.24, 2.45) is 0 Å². The highest BCUT2D eigenvalue weighted by molar-refractivity contribution is 9.10. The molecule has 2 aromatic rings. The van der Waals surface area contributed by atoms with E-state index in [-0.39, 0.29) is 5.28 Å². The van der Waals surface area contributed by atoms with Gasteiger partial charge in [0, 0.05) is 7.05 Å². The standard InChI is InChI=1S/C15H11BrClN5/c1-8-12(16)13(21-15(17)19-8)9(7-18)14-20-10-5-3-4-6-11(10)22(14)2/h3-6,20H,1-2H3/b14-9-. The number of aromatic nitrogens is 2. The lowest BCUT2D eigenvalue weighted by molar-refractivity contribution is 1.06. The lowest BCUT2D eigenvalue weighted by Gasteiger charge is -2.16. The van der Waals surface area contributed by atoms with Crippen LogP contribution in [-0.2, 0) is 0 Å². The Morgan fingerprint density at radius 3 is 2.77 bits per heavy atom. The molecule has 1 aromatic heterocycles. The third kappa shape index (κ3) is 2.32. The summed E-state index contributed by atoms with van der Waals surface area (Å²) in [6, 6.07) is 10.1. The average Bonchev–Trinajstić information content (AvgIpc) is 2.82. The Balaban J connectivity index is 2.20. The molecule has 0 saturated carbocycles. The Hall–Kier alpha value is -2.10. The van der Waals surface area contributed by atoms with Crippen molar-refractivity contribution in [1.82, 2.24) is 9.97 Å². The zero-order chi connectivity index (χ0) is 15.9. The van der Waals surface area contributed by atoms with E-state index in [4.69, 9.17) is 11.6 Å². The van der Waals surface area contributed by atoms with Crippen LogP contribution in [0.15, 0.2) is 34.6 Å². The molecule has 0 unspecified atom stereocenters. The van der Waals surface area contributed by atoms with Crippen LogP contribution in [0.1, 0.15) is 11.4 Å². The summed E-state index contributed by atoms with van der Waals surface area (Å²) in [6.07, 6.45) is 0. The van der Waals surface area contributed by atoms with Crippen LogP contribution in [0.2, 0.25) is 5.28 Å². The van der Waals surface area contributed by atoms with Gasteiger partial charge in [-0.1, -0.05) is 12.1 Å². The lowest BCUT2D eigenvalue weighted by atomic mass is 10.1. The molecular formula is C15H11BrClN5. The number of halogens is 2. The molecule has 5 nitrogen and oxygen atoms in total. The largest absolute Gasteiger partial charge is 0.339 e. The van der Waals surface area contributed by atoms with Gasteiger partial charge in [0.15, 0.2) is 0 Å². The fourth-order valence-corrected chi connectivity index (χ4v) is 2.93. The second-order valence-corrected chi connectivity index (χ2v) is 5.91. The van der Waals surface area contributed by atoms with Gasteiger partial charge in [-0.05, 0) is 46.6 Å². The van der Waals surface area contributed by atoms with Gasteiger partial charge in [0.25, 0.3) is 0 Å². The Morgan fingerprint density at radius 2 is 2.09 bits per heavy atom. The summed E-state index contributed by atoms with van der Waals surface area (Å²) < 4.78 is 0.659. The summed E-state index contributed by atoms with van der Waals surface area (Å²) in [5, 5.41) is 13.0. The Morgan fingerprint density at radius 1 is 1.36 bits per heavy atom. The number of rotatable bonds is 1. The van der Waals surface area contributed by atoms with Crippen LogP contribution in [0.4, 0.5) is 11.4 Å². The first-order valence-corrected chi connectivity index (χ1v) is 7.64. The molecular weight excluding hydrogens is 366 g/mol. The highest BCUT2D eigenvalue weighted by Gasteiger charge is 2.26. The first-order chi connectivity index (χ1) is 10.5. The van der Waals surface area contributed by atoms with E-state index in [1.165, 1.54) is 0 Å². The fraction of sp³-hybridized carbons (Fsp3) is 0.133. The van der Waals surface area contributed by atoms with Gasteiger partial charge in [0.05, 0.1) is 21.5 Å². The van der Waals surface area contributed by atoms with E-state index in [2.05, 4.69) is 37.3 Å². The molecule has 3 rings (SSSR count). The number of fused-ring (bicyclic) bond motifs is 1. The number of anilines is 2. The predicted octanol–water partition coefficient (Wildman–Crippen LogP) is 3.96. The number of hydrogen-bond donors (Lipinski definition) is 1. The zero-order valence-electron chi connectivity index (χ0n) is 11.9. The van der Waals surface area contributed by atoms with Gasteiger partial charge in [-0.2, -0.15) is 5.26 Å². The zero-order valence-corrected chi connectivity index (χ0v) is 14.2. The molecule has 110 valence electrons. The number of benzene rings is 1. The van der Waals surface area contributed by atoms with Gasteiger partial charge >= 0.3 is 0 Å². The topological polar surface area (TPSA) is 64.8 Å². The van der Waals surface area contributed by atoms with E-state index in [1.807, 2.05) is 36.2 Å². The SMILES string of the molecule is Cc1nc(Cl)nc(/C(C#N)=C2/Nc3ccccc3N2C)c1Br. The van der Waals surface area contributed by atoms with E-state index in [1.54, 1.807) is 6.92 Å². The van der Waals surface area contributed by atoms with E-state index >= 15 is 0 Å². The van der Waals surface area contributed by atoms with Crippen molar-refractivity contribution >= 4 is 44.5 Å². The van der Waals surface area contributed by atoms with Crippen LogP contribution >= 0.6 is 27.5 Å². The number of nitrogens with zero attached hydrogens (tertiary/aromatic N) is 4. The molecule has 1 aliphatic heterocycles. The molecule has 0 aliphatic carbocycles. The minimum Gasteiger partial charge on any atom is -0.339 e. The van der Waals surface area contributed by atoms with Gasteiger partial charge in [0.1, 0.15) is 23.2 Å². The Bertz CT molecular complexity index is 840. The molecule has 0 radical (unpaired) electrons. The summed E-state index contributed by atoms with van der Waals surface area (Å²) in [7, 11) is 1.90. The third-order valence-corrected chi connectivity index (χ3v) is 4.55. The maximum absolute atomic E-state index is 9.64. The van der Waals surface area contributed by atoms with Crippen molar-refractivity contribution in [3.8, 4) is 6.07 Å². The molecule has 0 saturated heterocycles. The number of nitrogens with one attached hydrogen (secondary N) is 1. The van der Waals surface area contributed by atoms with Crippen LogP contribution in [0.3, 0.4) is 0 Å². The highest BCUT2D eigenvalue weighted by Crippen LogP contribution is 2.38. The van der Waals surface area contributed by atoms with Crippen LogP contribution in [0.5, 0.6) is 0 Å². The van der Waals surface area contributed by atoms with E-state index < -0.39 is 0 Å². The van der Waals surface area contributed by atoms with Gasteiger partial charge in [0.2, 0.25) is 5.28 Å². The van der Waals surface area contributed by atoms with Crippen LogP contribution in [0, 0.1) is 18.3 Å². The normalized spacial score (nSPS) is 15.1. The first-order valence-electron chi connectivity index (χ1n) is 6.47. The summed E-state index contributed by atoms with van der Waals surface area (Å²) in [6.45, 7) is 1.81. The van der Waals surface area contributed by atoms with E-state index in [0.29, 0.717) is 27.3 Å². The van der Waals surface area contributed by atoms with Crippen molar-refractivity contribution in [1.29, 1.82) is 5.26 Å². The molecule has 7 heteroatoms. The van der Waals surface area contributed by atoms with Crippen LogP contribution in [-0.4, -0.2) is 17.0 Å². The van der Waals surface area contributed by atoms with Crippen molar-refractivity contribution in [2.45, 2.75) is 6.92 Å². The summed E-state index contributed by atoms with van der Waals surface area (Å²) in [5.74, 6) is 0.665. The Labute approximate surface area is 141 Å². The molecule has 0 spiro atoms. The fourth-order valence-electron chi connectivity index (χ4n) is 2.34. The number of aryl methyl sites for hydroxylation is 1. The van der Waals surface area contributed by atoms with Crippen molar-refractivity contribution < 1.29 is 0 Å². The third-order valence-electron chi connectivity index (χ3n) is 3.43. The monoisotopic (exact) mass is 375 g/mol. The molecule has 0 fully saturated rings. The number of allylic oxidation sites excluding steroid dienone is 1. The van der Waals surface area contributed by atoms with E-state index in [9.17, 15) is 5.26 Å². The second kappa shape index (κ2) is 5.59. The molecule has 0 amide bonds. The summed E-state index contributed by atoms with van der Waals surface area (Å²) >= 11 is 9.39. The van der Waals surface area contributed by atoms with Crippen LogP contribution < -0.4 is 10.2 Å². The number of para-hydroxylation sites is 2. The lowest BCUT2D eigenvalue weighted by Crippen LogP contribution is -2.17. The second-order valence-electron chi connectivity index (χ2n) is 4.78. The highest BCUT2D eigenvalue weighted by atomic mass is 79.9. The number of hydrogen-bond acceptors (Lipinski definition) is 5. The molecule has 1 aliphatic rings. The molecule has 22 heavy (non-hydrogen) atoms. The minimum absolute atomic E-state index is 0.113. The smallest absolute Gasteiger partial charge is 0.223 e. The molecule has 0 atom stereocenters. The molecule has 0 bridgehead atoms. The van der Waals surface area contributed by atoms with Crippen LogP contribution in [0.25, 0.3) is 5.57 Å². The summed E-state index contributed by atoms with van der Waals surface area (Å²) in [5.41, 5.74) is 3.50. The van der Waals surface area contributed by atoms with Crippen molar-refractivity contribution in [2.75, 3.05) is 17.3 Å². The quantitative estimate of drug-likeness (QED) is 0.603. The van der Waals surface area contributed by atoms with Gasteiger partial charge in [-0.15, -0.1) is 0 Å². The maximum Gasteiger partial charge on any atom is 0.223 e. The molecule has 2 heterocycles. The average molecular weight is 377 g/mol. The molecule has 1 aromatic carbocycles. The predicted molar refractivity (Wildman–Crippen MR) is 90.5 cm³/mol. The van der Waals surface area contributed by atoms with Gasteiger partial charge < -0.3 is 10.2 Å². The van der Waals surface area contributed by atoms with Crippen molar-refractivity contribution in [3.05, 3.63) is 51.2 Å². The van der Waals surface area contributed by atoms with E-state index in [0.717, 1.165) is 11.4 Å². The number of nitriles is 1. The summed E-state index contributed by atoms with van der Waals surface area (Å²) in [4.78, 5) is 10.2. The first kappa shape index (κ1) is 14.8. The molecule has 1 N–H and O–H groups in total. The maximum atomic E-state index is 9.64. The van der Waals surface area contributed by atoms with Crippen molar-refractivity contribution in [3.63, 3.8) is 0 Å².